The molecular formula is C24H28N4OS. The molecule has 5 nitrogen and oxygen atoms in total. The molecule has 2 aromatic carbocycles. The average molecular weight is 421 g/mol. The van der Waals surface area contributed by atoms with E-state index in [1.165, 1.54) is 35.7 Å². The second-order valence-electron chi connectivity index (χ2n) is 8.09. The summed E-state index contributed by atoms with van der Waals surface area (Å²) in [6.07, 6.45) is 4.57. The van der Waals surface area contributed by atoms with Gasteiger partial charge in [0, 0.05) is 17.3 Å². The second kappa shape index (κ2) is 9.04. The quantitative estimate of drug-likeness (QED) is 0.564. The van der Waals surface area contributed by atoms with E-state index in [9.17, 15) is 4.79 Å². The molecule has 3 aromatic rings. The van der Waals surface area contributed by atoms with Crippen molar-refractivity contribution in [2.75, 3.05) is 0 Å². The molecule has 1 atom stereocenters. The van der Waals surface area contributed by atoms with Gasteiger partial charge in [-0.2, -0.15) is 0 Å². The first-order chi connectivity index (χ1) is 14.5. The largest absolute Gasteiger partial charge is 0.352 e. The molecule has 0 radical (unpaired) electrons. The Kier molecular flexibility index (Phi) is 6.23. The van der Waals surface area contributed by atoms with Gasteiger partial charge in [0.15, 0.2) is 11.0 Å². The van der Waals surface area contributed by atoms with Crippen LogP contribution in [0.1, 0.15) is 43.7 Å². The number of carbonyl (C=O) groups is 1. The molecule has 1 N–H and O–H groups in total. The van der Waals surface area contributed by atoms with Crippen molar-refractivity contribution in [2.24, 2.45) is 0 Å². The minimum Gasteiger partial charge on any atom is -0.352 e. The van der Waals surface area contributed by atoms with E-state index in [1.807, 2.05) is 11.5 Å². The molecule has 1 heterocycles. The summed E-state index contributed by atoms with van der Waals surface area (Å²) in [7, 11) is 0. The molecule has 0 spiro atoms. The highest BCUT2D eigenvalue weighted by Gasteiger charge is 2.24. The highest BCUT2D eigenvalue weighted by Crippen LogP contribution is 2.31. The monoisotopic (exact) mass is 420 g/mol. The molecule has 6 heteroatoms. The third-order valence-electron chi connectivity index (χ3n) is 5.59. The molecule has 4 rings (SSSR count). The van der Waals surface area contributed by atoms with Gasteiger partial charge >= 0.3 is 0 Å². The van der Waals surface area contributed by atoms with Crippen LogP contribution in [0.4, 0.5) is 0 Å². The SMILES string of the molecule is Cc1ccc(-c2nnc(S[C@H](C)C(=O)NC3CCCC3)n2-c2ccc(C)cc2)cc1. The van der Waals surface area contributed by atoms with Crippen LogP contribution in [-0.4, -0.2) is 32.0 Å². The number of aryl methyl sites for hydroxylation is 2. The lowest BCUT2D eigenvalue weighted by Gasteiger charge is -2.17. The zero-order valence-electron chi connectivity index (χ0n) is 17.8. The smallest absolute Gasteiger partial charge is 0.233 e. The zero-order chi connectivity index (χ0) is 21.1. The van der Waals surface area contributed by atoms with E-state index in [1.54, 1.807) is 0 Å². The summed E-state index contributed by atoms with van der Waals surface area (Å²) in [6, 6.07) is 16.9. The number of amides is 1. The van der Waals surface area contributed by atoms with Gasteiger partial charge in [-0.25, -0.2) is 0 Å². The summed E-state index contributed by atoms with van der Waals surface area (Å²) < 4.78 is 2.05. The Bertz CT molecular complexity index is 1000. The normalized spacial score (nSPS) is 15.3. The summed E-state index contributed by atoms with van der Waals surface area (Å²) in [4.78, 5) is 12.7. The Hall–Kier alpha value is -2.60. The predicted molar refractivity (Wildman–Crippen MR) is 122 cm³/mol. The van der Waals surface area contributed by atoms with Crippen LogP contribution < -0.4 is 5.32 Å². The number of aromatic nitrogens is 3. The molecule has 1 aromatic heterocycles. The average Bonchev–Trinajstić information content (AvgIpc) is 3.39. The first kappa shape index (κ1) is 20.7. The molecule has 0 aliphatic heterocycles. The zero-order valence-corrected chi connectivity index (χ0v) is 18.6. The van der Waals surface area contributed by atoms with Crippen LogP contribution in [0, 0.1) is 13.8 Å². The van der Waals surface area contributed by atoms with Crippen molar-refractivity contribution in [1.29, 1.82) is 0 Å². The van der Waals surface area contributed by atoms with Crippen molar-refractivity contribution < 1.29 is 4.79 Å². The van der Waals surface area contributed by atoms with Gasteiger partial charge in [-0.05, 0) is 45.7 Å². The number of rotatable bonds is 6. The van der Waals surface area contributed by atoms with Crippen molar-refractivity contribution in [3.05, 3.63) is 59.7 Å². The van der Waals surface area contributed by atoms with E-state index in [4.69, 9.17) is 0 Å². The Balaban J connectivity index is 1.64. The fourth-order valence-corrected chi connectivity index (χ4v) is 4.64. The van der Waals surface area contributed by atoms with Gasteiger partial charge in [-0.3, -0.25) is 9.36 Å². The van der Waals surface area contributed by atoms with Gasteiger partial charge < -0.3 is 5.32 Å². The lowest BCUT2D eigenvalue weighted by atomic mass is 10.1. The van der Waals surface area contributed by atoms with Crippen LogP contribution in [0.25, 0.3) is 17.1 Å². The van der Waals surface area contributed by atoms with Gasteiger partial charge in [0.2, 0.25) is 5.91 Å². The summed E-state index contributed by atoms with van der Waals surface area (Å²) in [6.45, 7) is 6.08. The highest BCUT2D eigenvalue weighted by atomic mass is 32.2. The standard InChI is InChI=1S/C24H28N4OS/c1-16-8-12-19(13-9-16)22-26-27-24(28(22)21-14-10-17(2)11-15-21)30-18(3)23(29)25-20-6-4-5-7-20/h8-15,18,20H,4-7H2,1-3H3,(H,25,29)/t18-/m1/s1. The van der Waals surface area contributed by atoms with E-state index < -0.39 is 0 Å². The Labute approximate surface area is 182 Å². The van der Waals surface area contributed by atoms with E-state index in [0.29, 0.717) is 6.04 Å². The minimum absolute atomic E-state index is 0.0715. The lowest BCUT2D eigenvalue weighted by molar-refractivity contribution is -0.120. The molecule has 0 unspecified atom stereocenters. The van der Waals surface area contributed by atoms with Crippen molar-refractivity contribution in [3.63, 3.8) is 0 Å². The van der Waals surface area contributed by atoms with Gasteiger partial charge in [-0.15, -0.1) is 10.2 Å². The van der Waals surface area contributed by atoms with E-state index in [2.05, 4.69) is 77.9 Å². The maximum absolute atomic E-state index is 12.7. The second-order valence-corrected chi connectivity index (χ2v) is 9.40. The van der Waals surface area contributed by atoms with Gasteiger partial charge in [0.05, 0.1) is 5.25 Å². The van der Waals surface area contributed by atoms with E-state index in [0.717, 1.165) is 35.1 Å². The third-order valence-corrected chi connectivity index (χ3v) is 6.63. The minimum atomic E-state index is -0.245. The Morgan fingerprint density at radius 1 is 1.00 bits per heavy atom. The van der Waals surface area contributed by atoms with Gasteiger partial charge in [-0.1, -0.05) is 72.1 Å². The predicted octanol–water partition coefficient (Wildman–Crippen LogP) is 5.09. The van der Waals surface area contributed by atoms with Gasteiger partial charge in [0.25, 0.3) is 0 Å². The summed E-state index contributed by atoms with van der Waals surface area (Å²) in [5, 5.41) is 12.6. The number of hydrogen-bond acceptors (Lipinski definition) is 4. The van der Waals surface area contributed by atoms with E-state index >= 15 is 0 Å². The Morgan fingerprint density at radius 3 is 2.23 bits per heavy atom. The van der Waals surface area contributed by atoms with Crippen LogP contribution in [-0.2, 0) is 4.79 Å². The summed E-state index contributed by atoms with van der Waals surface area (Å²) in [5.74, 6) is 0.854. The van der Waals surface area contributed by atoms with Crippen molar-refractivity contribution in [1.82, 2.24) is 20.1 Å². The number of thioether (sulfide) groups is 1. The summed E-state index contributed by atoms with van der Waals surface area (Å²) in [5.41, 5.74) is 4.39. The molecule has 156 valence electrons. The fourth-order valence-electron chi connectivity index (χ4n) is 3.76. The molecule has 1 fully saturated rings. The first-order valence-electron chi connectivity index (χ1n) is 10.6. The van der Waals surface area contributed by atoms with Gasteiger partial charge in [0.1, 0.15) is 0 Å². The van der Waals surface area contributed by atoms with Crippen LogP contribution >= 0.6 is 11.8 Å². The maximum atomic E-state index is 12.7. The number of nitrogens with one attached hydrogen (secondary N) is 1. The molecule has 1 aliphatic carbocycles. The summed E-state index contributed by atoms with van der Waals surface area (Å²) >= 11 is 1.46. The molecule has 30 heavy (non-hydrogen) atoms. The van der Waals surface area contributed by atoms with Crippen LogP contribution in [0.15, 0.2) is 53.7 Å². The molecule has 1 amide bonds. The number of benzene rings is 2. The van der Waals surface area contributed by atoms with Crippen molar-refractivity contribution >= 4 is 17.7 Å². The first-order valence-corrected chi connectivity index (χ1v) is 11.5. The number of carbonyl (C=O) groups excluding carboxylic acids is 1. The van der Waals surface area contributed by atoms with Crippen LogP contribution in [0.5, 0.6) is 0 Å². The number of hydrogen-bond donors (Lipinski definition) is 1. The fraction of sp³-hybridized carbons (Fsp3) is 0.375. The Morgan fingerprint density at radius 2 is 1.60 bits per heavy atom. The number of nitrogens with zero attached hydrogens (tertiary/aromatic N) is 3. The van der Waals surface area contributed by atoms with Crippen molar-refractivity contribution in [3.8, 4) is 17.1 Å². The lowest BCUT2D eigenvalue weighted by Crippen LogP contribution is -2.37. The maximum Gasteiger partial charge on any atom is 0.233 e. The molecule has 0 saturated heterocycles. The van der Waals surface area contributed by atoms with Crippen LogP contribution in [0.2, 0.25) is 0 Å². The van der Waals surface area contributed by atoms with Crippen LogP contribution in [0.3, 0.4) is 0 Å². The molecule has 1 saturated carbocycles. The molecule has 0 bridgehead atoms. The van der Waals surface area contributed by atoms with Crippen molar-refractivity contribution in [2.45, 2.75) is 62.9 Å². The highest BCUT2D eigenvalue weighted by molar-refractivity contribution is 8.00. The topological polar surface area (TPSA) is 59.8 Å². The van der Waals surface area contributed by atoms with E-state index in [-0.39, 0.29) is 11.2 Å². The molecule has 1 aliphatic rings. The third kappa shape index (κ3) is 4.59. The molecular weight excluding hydrogens is 392 g/mol.